The van der Waals surface area contributed by atoms with E-state index in [4.69, 9.17) is 9.68 Å². The Bertz CT molecular complexity index is 498. The summed E-state index contributed by atoms with van der Waals surface area (Å²) in [6, 6.07) is 9.25. The Labute approximate surface area is 88.0 Å². The van der Waals surface area contributed by atoms with Crippen molar-refractivity contribution in [3.05, 3.63) is 41.3 Å². The topological polar surface area (TPSA) is 49.8 Å². The van der Waals surface area contributed by atoms with Crippen molar-refractivity contribution in [1.82, 2.24) is 4.98 Å². The van der Waals surface area contributed by atoms with Gasteiger partial charge < -0.3 is 4.42 Å². The molecule has 0 fully saturated rings. The first-order chi connectivity index (χ1) is 7.20. The molecule has 0 saturated carbocycles. The second-order valence-electron chi connectivity index (χ2n) is 3.35. The molecule has 0 atom stereocenters. The van der Waals surface area contributed by atoms with E-state index in [9.17, 15) is 0 Å². The predicted octanol–water partition coefficient (Wildman–Crippen LogP) is 2.83. The summed E-state index contributed by atoms with van der Waals surface area (Å²) in [6.07, 6.45) is 0. The molecule has 0 radical (unpaired) electrons. The van der Waals surface area contributed by atoms with Crippen molar-refractivity contribution in [3.8, 4) is 17.5 Å². The fourth-order valence-corrected chi connectivity index (χ4v) is 1.28. The lowest BCUT2D eigenvalue weighted by molar-refractivity contribution is 0.541. The molecule has 0 bridgehead atoms. The fraction of sp³-hybridized carbons (Fsp3) is 0.167. The molecule has 1 aromatic heterocycles. The Hall–Kier alpha value is -2.08. The summed E-state index contributed by atoms with van der Waals surface area (Å²) in [5, 5.41) is 8.66. The summed E-state index contributed by atoms with van der Waals surface area (Å²) in [7, 11) is 0. The average molecular weight is 198 g/mol. The third-order valence-corrected chi connectivity index (χ3v) is 2.29. The molecule has 0 spiro atoms. The molecule has 1 aromatic carbocycles. The van der Waals surface area contributed by atoms with Gasteiger partial charge in [-0.3, -0.25) is 0 Å². The van der Waals surface area contributed by atoms with Crippen LogP contribution in [0.15, 0.2) is 28.7 Å². The van der Waals surface area contributed by atoms with Gasteiger partial charge in [-0.2, -0.15) is 5.26 Å². The highest BCUT2D eigenvalue weighted by atomic mass is 16.4. The van der Waals surface area contributed by atoms with Gasteiger partial charge in [-0.25, -0.2) is 4.98 Å². The summed E-state index contributed by atoms with van der Waals surface area (Å²) in [6.45, 7) is 3.79. The Morgan fingerprint density at radius 1 is 1.20 bits per heavy atom. The molecule has 0 aliphatic carbocycles. The summed E-state index contributed by atoms with van der Waals surface area (Å²) < 4.78 is 5.48. The number of benzene rings is 1. The highest BCUT2D eigenvalue weighted by molar-refractivity contribution is 5.55. The van der Waals surface area contributed by atoms with Crippen molar-refractivity contribution in [2.45, 2.75) is 13.8 Å². The highest BCUT2D eigenvalue weighted by Crippen LogP contribution is 2.21. The van der Waals surface area contributed by atoms with Crippen LogP contribution in [0.2, 0.25) is 0 Å². The largest absolute Gasteiger partial charge is 0.441 e. The molecule has 0 N–H and O–H groups in total. The zero-order chi connectivity index (χ0) is 10.8. The lowest BCUT2D eigenvalue weighted by Gasteiger charge is -1.94. The van der Waals surface area contributed by atoms with Crippen LogP contribution in [0.3, 0.4) is 0 Å². The summed E-state index contributed by atoms with van der Waals surface area (Å²) >= 11 is 0. The monoisotopic (exact) mass is 198 g/mol. The molecule has 0 unspecified atom stereocenters. The lowest BCUT2D eigenvalue weighted by Crippen LogP contribution is -1.79. The van der Waals surface area contributed by atoms with Gasteiger partial charge in [-0.15, -0.1) is 0 Å². The Morgan fingerprint density at radius 2 is 1.87 bits per heavy atom. The number of nitrogens with zero attached hydrogens (tertiary/aromatic N) is 2. The second kappa shape index (κ2) is 3.58. The molecule has 0 aliphatic heterocycles. The number of nitriles is 1. The molecular weight excluding hydrogens is 188 g/mol. The van der Waals surface area contributed by atoms with Crippen LogP contribution in [0.4, 0.5) is 0 Å². The molecular formula is C12H10N2O. The quantitative estimate of drug-likeness (QED) is 0.707. The number of aromatic nitrogens is 1. The van der Waals surface area contributed by atoms with E-state index in [1.807, 2.05) is 26.0 Å². The van der Waals surface area contributed by atoms with Crippen LogP contribution in [-0.4, -0.2) is 4.98 Å². The maximum absolute atomic E-state index is 8.66. The van der Waals surface area contributed by atoms with Crippen LogP contribution < -0.4 is 0 Å². The van der Waals surface area contributed by atoms with E-state index in [0.717, 1.165) is 17.0 Å². The van der Waals surface area contributed by atoms with Gasteiger partial charge in [0.25, 0.3) is 0 Å². The van der Waals surface area contributed by atoms with Gasteiger partial charge in [0, 0.05) is 5.56 Å². The maximum atomic E-state index is 8.66. The van der Waals surface area contributed by atoms with E-state index in [0.29, 0.717) is 11.5 Å². The van der Waals surface area contributed by atoms with Crippen molar-refractivity contribution >= 4 is 0 Å². The van der Waals surface area contributed by atoms with Gasteiger partial charge in [0.2, 0.25) is 5.89 Å². The van der Waals surface area contributed by atoms with Crippen LogP contribution in [0.1, 0.15) is 17.0 Å². The molecule has 15 heavy (non-hydrogen) atoms. The number of oxazole rings is 1. The van der Waals surface area contributed by atoms with Crippen LogP contribution in [0, 0.1) is 25.2 Å². The van der Waals surface area contributed by atoms with Crippen molar-refractivity contribution in [3.63, 3.8) is 0 Å². The summed E-state index contributed by atoms with van der Waals surface area (Å²) in [4.78, 5) is 4.29. The number of hydrogen-bond donors (Lipinski definition) is 0. The van der Waals surface area contributed by atoms with E-state index in [1.165, 1.54) is 0 Å². The lowest BCUT2D eigenvalue weighted by atomic mass is 10.1. The van der Waals surface area contributed by atoms with Gasteiger partial charge in [0.15, 0.2) is 0 Å². The first-order valence-corrected chi connectivity index (χ1v) is 4.65. The van der Waals surface area contributed by atoms with Crippen molar-refractivity contribution in [2.24, 2.45) is 0 Å². The Morgan fingerprint density at radius 3 is 2.33 bits per heavy atom. The van der Waals surface area contributed by atoms with Crippen LogP contribution in [-0.2, 0) is 0 Å². The molecule has 3 nitrogen and oxygen atoms in total. The van der Waals surface area contributed by atoms with Gasteiger partial charge in [-0.05, 0) is 38.1 Å². The smallest absolute Gasteiger partial charge is 0.226 e. The molecule has 3 heteroatoms. The SMILES string of the molecule is Cc1nc(-c2ccc(C#N)cc2)oc1C. The van der Waals surface area contributed by atoms with E-state index in [-0.39, 0.29) is 0 Å². The minimum atomic E-state index is 0.606. The normalized spacial score (nSPS) is 9.93. The van der Waals surface area contributed by atoms with Crippen LogP contribution in [0.5, 0.6) is 0 Å². The Balaban J connectivity index is 2.42. The first-order valence-electron chi connectivity index (χ1n) is 4.65. The fourth-order valence-electron chi connectivity index (χ4n) is 1.28. The standard InChI is InChI=1S/C12H10N2O/c1-8-9(2)15-12(14-8)11-5-3-10(7-13)4-6-11/h3-6H,1-2H3. The average Bonchev–Trinajstić information content (AvgIpc) is 2.59. The molecule has 2 rings (SSSR count). The Kier molecular flexibility index (Phi) is 2.26. The van der Waals surface area contributed by atoms with E-state index in [1.54, 1.807) is 12.1 Å². The first kappa shape index (κ1) is 9.47. The van der Waals surface area contributed by atoms with Gasteiger partial charge in [0.05, 0.1) is 17.3 Å². The van der Waals surface area contributed by atoms with E-state index >= 15 is 0 Å². The zero-order valence-corrected chi connectivity index (χ0v) is 8.61. The van der Waals surface area contributed by atoms with Crippen molar-refractivity contribution < 1.29 is 4.42 Å². The van der Waals surface area contributed by atoms with Gasteiger partial charge >= 0.3 is 0 Å². The maximum Gasteiger partial charge on any atom is 0.226 e. The van der Waals surface area contributed by atoms with Crippen LogP contribution in [0.25, 0.3) is 11.5 Å². The number of hydrogen-bond acceptors (Lipinski definition) is 3. The highest BCUT2D eigenvalue weighted by Gasteiger charge is 2.07. The van der Waals surface area contributed by atoms with Gasteiger partial charge in [0.1, 0.15) is 5.76 Å². The molecule has 74 valence electrons. The molecule has 0 amide bonds. The minimum absolute atomic E-state index is 0.606. The zero-order valence-electron chi connectivity index (χ0n) is 8.61. The molecule has 0 aliphatic rings. The third-order valence-electron chi connectivity index (χ3n) is 2.29. The molecule has 2 aromatic rings. The van der Waals surface area contributed by atoms with E-state index < -0.39 is 0 Å². The molecule has 0 saturated heterocycles. The second-order valence-corrected chi connectivity index (χ2v) is 3.35. The third kappa shape index (κ3) is 1.75. The van der Waals surface area contributed by atoms with Crippen molar-refractivity contribution in [1.29, 1.82) is 5.26 Å². The minimum Gasteiger partial charge on any atom is -0.441 e. The van der Waals surface area contributed by atoms with Crippen molar-refractivity contribution in [2.75, 3.05) is 0 Å². The molecule has 1 heterocycles. The van der Waals surface area contributed by atoms with E-state index in [2.05, 4.69) is 11.1 Å². The van der Waals surface area contributed by atoms with Crippen LogP contribution >= 0.6 is 0 Å². The summed E-state index contributed by atoms with van der Waals surface area (Å²) in [5.41, 5.74) is 2.43. The number of rotatable bonds is 1. The summed E-state index contributed by atoms with van der Waals surface area (Å²) in [5.74, 6) is 1.43. The predicted molar refractivity (Wildman–Crippen MR) is 56.1 cm³/mol. The van der Waals surface area contributed by atoms with Gasteiger partial charge in [-0.1, -0.05) is 0 Å². The number of aryl methyl sites for hydroxylation is 2.